The summed E-state index contributed by atoms with van der Waals surface area (Å²) in [4.78, 5) is 4.61. The number of aromatic nitrogens is 2. The third-order valence-corrected chi connectivity index (χ3v) is 7.11. The Balaban J connectivity index is 1.27. The Morgan fingerprint density at radius 1 is 0.886 bits per heavy atom. The van der Waals surface area contributed by atoms with Crippen molar-refractivity contribution < 1.29 is 4.52 Å². The molecule has 0 unspecified atom stereocenters. The van der Waals surface area contributed by atoms with Gasteiger partial charge in [0.05, 0.1) is 0 Å². The third-order valence-electron chi connectivity index (χ3n) is 7.11. The van der Waals surface area contributed by atoms with Gasteiger partial charge in [0.2, 0.25) is 0 Å². The van der Waals surface area contributed by atoms with E-state index in [1.54, 1.807) is 0 Å². The topological polar surface area (TPSA) is 65.2 Å². The van der Waals surface area contributed by atoms with Crippen molar-refractivity contribution in [3.8, 4) is 11.5 Å². The summed E-state index contributed by atoms with van der Waals surface area (Å²) in [5.74, 6) is 1.31. The zero-order chi connectivity index (χ0) is 24.3. The fraction of sp³-hybridized carbons (Fsp3) is 0.533. The maximum absolute atomic E-state index is 13.1. The highest BCUT2D eigenvalue weighted by atomic mass is 16.5. The molecule has 1 aliphatic carbocycles. The summed E-state index contributed by atoms with van der Waals surface area (Å²) in [6, 6.07) is 14.0. The second kappa shape index (κ2) is 13.4. The van der Waals surface area contributed by atoms with Gasteiger partial charge in [0.15, 0.2) is 5.82 Å². The van der Waals surface area contributed by atoms with Crippen LogP contribution in [-0.2, 0) is 25.8 Å². The summed E-state index contributed by atoms with van der Waals surface area (Å²) in [7, 11) is 0. The molecule has 1 heterocycles. The van der Waals surface area contributed by atoms with Crippen LogP contribution in [0.5, 0.6) is 0 Å². The van der Waals surface area contributed by atoms with Crippen LogP contribution in [-0.4, -0.2) is 10.1 Å². The predicted molar refractivity (Wildman–Crippen MR) is 143 cm³/mol. The second-order valence-corrected chi connectivity index (χ2v) is 9.95. The van der Waals surface area contributed by atoms with Crippen LogP contribution in [0.4, 0.5) is 5.69 Å². The van der Waals surface area contributed by atoms with E-state index in [9.17, 15) is 5.21 Å². The molecule has 0 radical (unpaired) electrons. The number of hydrogen-bond donors (Lipinski definition) is 0. The van der Waals surface area contributed by atoms with Gasteiger partial charge in [-0.15, -0.1) is 0 Å². The normalized spacial score (nSPS) is 13.1. The molecule has 0 saturated carbocycles. The van der Waals surface area contributed by atoms with Crippen LogP contribution in [0, 0.1) is 5.21 Å². The maximum atomic E-state index is 13.1. The quantitative estimate of drug-likeness (QED) is 0.174. The molecule has 5 heteroatoms. The van der Waals surface area contributed by atoms with Crippen LogP contribution in [0.2, 0.25) is 0 Å². The van der Waals surface area contributed by atoms with E-state index >= 15 is 0 Å². The standard InChI is InChI=1S/C30H40N3O2/c1-2-3-4-5-6-7-8-9-10-21-29-31-30(35-32-29)26-18-13-15-24(22-26)23-33(34)28-20-14-17-25-16-11-12-19-27(25)28/h13-15,17-18,20,22H,2-12,16,19,21,23H2,1H3/q-1. The van der Waals surface area contributed by atoms with Gasteiger partial charge in [0.25, 0.3) is 5.89 Å². The van der Waals surface area contributed by atoms with Crippen molar-refractivity contribution in [3.05, 3.63) is 70.2 Å². The van der Waals surface area contributed by atoms with Gasteiger partial charge in [-0.2, -0.15) is 4.98 Å². The Morgan fingerprint density at radius 3 is 2.46 bits per heavy atom. The fourth-order valence-corrected chi connectivity index (χ4v) is 5.12. The summed E-state index contributed by atoms with van der Waals surface area (Å²) in [5, 5.41) is 18.4. The van der Waals surface area contributed by atoms with E-state index in [0.29, 0.717) is 12.4 Å². The first-order valence-electron chi connectivity index (χ1n) is 13.7. The molecule has 5 nitrogen and oxygen atoms in total. The number of benzene rings is 2. The van der Waals surface area contributed by atoms with Crippen LogP contribution < -0.4 is 5.06 Å². The Bertz CT molecular complexity index is 1050. The molecule has 0 spiro atoms. The van der Waals surface area contributed by atoms with Crippen LogP contribution in [0.3, 0.4) is 0 Å². The molecule has 0 aliphatic heterocycles. The van der Waals surface area contributed by atoms with Gasteiger partial charge in [0, 0.05) is 24.2 Å². The zero-order valence-corrected chi connectivity index (χ0v) is 21.3. The van der Waals surface area contributed by atoms with Gasteiger partial charge in [-0.3, -0.25) is 0 Å². The first kappa shape index (κ1) is 25.4. The van der Waals surface area contributed by atoms with Crippen LogP contribution in [0.1, 0.15) is 100 Å². The number of aryl methyl sites for hydroxylation is 2. The van der Waals surface area contributed by atoms with E-state index in [-0.39, 0.29) is 0 Å². The largest absolute Gasteiger partial charge is 0.758 e. The lowest BCUT2D eigenvalue weighted by molar-refractivity contribution is 0.421. The van der Waals surface area contributed by atoms with Gasteiger partial charge in [-0.25, -0.2) is 0 Å². The van der Waals surface area contributed by atoms with Crippen molar-refractivity contribution in [2.75, 3.05) is 5.06 Å². The minimum atomic E-state index is 0.309. The molecule has 3 aromatic rings. The molecular formula is C30H40N3O2-. The number of unbranched alkanes of at least 4 members (excludes halogenated alkanes) is 8. The average Bonchev–Trinajstić information content (AvgIpc) is 3.36. The number of nitrogens with zero attached hydrogens (tertiary/aromatic N) is 3. The molecule has 0 saturated heterocycles. The first-order chi connectivity index (χ1) is 17.2. The minimum absolute atomic E-state index is 0.309. The lowest BCUT2D eigenvalue weighted by Crippen LogP contribution is -2.18. The lowest BCUT2D eigenvalue weighted by Gasteiger charge is -2.34. The molecule has 4 rings (SSSR count). The monoisotopic (exact) mass is 474 g/mol. The number of anilines is 1. The molecule has 35 heavy (non-hydrogen) atoms. The summed E-state index contributed by atoms with van der Waals surface area (Å²) < 4.78 is 5.55. The zero-order valence-electron chi connectivity index (χ0n) is 21.3. The Morgan fingerprint density at radius 2 is 1.63 bits per heavy atom. The van der Waals surface area contributed by atoms with E-state index in [0.717, 1.165) is 59.8 Å². The molecule has 0 bridgehead atoms. The van der Waals surface area contributed by atoms with Crippen LogP contribution in [0.25, 0.3) is 11.5 Å². The summed E-state index contributed by atoms with van der Waals surface area (Å²) in [5.41, 5.74) is 5.19. The summed E-state index contributed by atoms with van der Waals surface area (Å²) >= 11 is 0. The van der Waals surface area contributed by atoms with Gasteiger partial charge in [0.1, 0.15) is 0 Å². The molecule has 0 atom stereocenters. The first-order valence-corrected chi connectivity index (χ1v) is 13.7. The van der Waals surface area contributed by atoms with Gasteiger partial charge >= 0.3 is 0 Å². The number of hydrogen-bond acceptors (Lipinski definition) is 5. The van der Waals surface area contributed by atoms with Crippen molar-refractivity contribution in [2.24, 2.45) is 0 Å². The van der Waals surface area contributed by atoms with Gasteiger partial charge in [-0.05, 0) is 67.0 Å². The summed E-state index contributed by atoms with van der Waals surface area (Å²) in [6.45, 7) is 2.57. The minimum Gasteiger partial charge on any atom is -0.758 e. The van der Waals surface area contributed by atoms with Crippen LogP contribution in [0.15, 0.2) is 47.0 Å². The third kappa shape index (κ3) is 7.41. The van der Waals surface area contributed by atoms with E-state index in [1.165, 1.54) is 68.9 Å². The Labute approximate surface area is 210 Å². The molecule has 0 amide bonds. The second-order valence-electron chi connectivity index (χ2n) is 9.95. The highest BCUT2D eigenvalue weighted by molar-refractivity contribution is 5.59. The Hall–Kier alpha value is -2.66. The maximum Gasteiger partial charge on any atom is 0.257 e. The Kier molecular flexibility index (Phi) is 9.76. The smallest absolute Gasteiger partial charge is 0.257 e. The predicted octanol–water partition coefficient (Wildman–Crippen LogP) is 8.19. The number of fused-ring (bicyclic) bond motifs is 1. The van der Waals surface area contributed by atoms with Crippen molar-refractivity contribution in [1.82, 2.24) is 10.1 Å². The van der Waals surface area contributed by atoms with Gasteiger partial charge < -0.3 is 14.8 Å². The number of rotatable bonds is 14. The fourth-order valence-electron chi connectivity index (χ4n) is 5.12. The highest BCUT2D eigenvalue weighted by Gasteiger charge is 2.14. The van der Waals surface area contributed by atoms with E-state index < -0.39 is 0 Å². The summed E-state index contributed by atoms with van der Waals surface area (Å²) in [6.07, 6.45) is 17.0. The molecule has 188 valence electrons. The van der Waals surface area contributed by atoms with E-state index in [4.69, 9.17) is 4.52 Å². The van der Waals surface area contributed by atoms with Gasteiger partial charge in [-0.1, -0.05) is 87.7 Å². The van der Waals surface area contributed by atoms with Crippen LogP contribution >= 0.6 is 0 Å². The SMILES string of the molecule is CCCCCCCCCCCc1noc(-c2cccc(CN([O-])c3cccc4c3CCCC4)c2)n1. The van der Waals surface area contributed by atoms with E-state index in [2.05, 4.69) is 23.1 Å². The van der Waals surface area contributed by atoms with Crippen molar-refractivity contribution in [2.45, 2.75) is 103 Å². The van der Waals surface area contributed by atoms with E-state index in [1.807, 2.05) is 36.4 Å². The lowest BCUT2D eigenvalue weighted by atomic mass is 9.90. The highest BCUT2D eigenvalue weighted by Crippen LogP contribution is 2.31. The molecule has 0 fully saturated rings. The van der Waals surface area contributed by atoms with Crippen molar-refractivity contribution in [1.29, 1.82) is 0 Å². The molecule has 1 aliphatic rings. The number of hydroxylamine groups is 1. The molecule has 1 aromatic heterocycles. The van der Waals surface area contributed by atoms with Crippen molar-refractivity contribution in [3.63, 3.8) is 0 Å². The average molecular weight is 475 g/mol. The molecule has 0 N–H and O–H groups in total. The van der Waals surface area contributed by atoms with Crippen molar-refractivity contribution >= 4 is 5.69 Å². The molecule has 2 aromatic carbocycles. The molecular weight excluding hydrogens is 434 g/mol.